The Morgan fingerprint density at radius 2 is 2.14 bits per heavy atom. The van der Waals surface area contributed by atoms with Gasteiger partial charge in [-0.1, -0.05) is 0 Å². The van der Waals surface area contributed by atoms with E-state index in [2.05, 4.69) is 25.5 Å². The first-order valence-electron chi connectivity index (χ1n) is 9.17. The van der Waals surface area contributed by atoms with Gasteiger partial charge in [0, 0.05) is 36.1 Å². The quantitative estimate of drug-likeness (QED) is 0.499. The van der Waals surface area contributed by atoms with E-state index in [0.717, 1.165) is 23.3 Å². The van der Waals surface area contributed by atoms with Crippen molar-refractivity contribution in [2.24, 2.45) is 5.92 Å². The fourth-order valence-corrected chi connectivity index (χ4v) is 3.29. The molecule has 0 saturated heterocycles. The summed E-state index contributed by atoms with van der Waals surface area (Å²) in [5, 5.41) is 9.80. The highest BCUT2D eigenvalue weighted by molar-refractivity contribution is 6.05. The summed E-state index contributed by atoms with van der Waals surface area (Å²) in [6.45, 7) is 0.731. The van der Waals surface area contributed by atoms with Crippen LogP contribution in [0.2, 0.25) is 0 Å². The van der Waals surface area contributed by atoms with E-state index in [4.69, 9.17) is 0 Å². The molecule has 1 aromatic carbocycles. The molecular formula is C20H18N6O2. The van der Waals surface area contributed by atoms with Gasteiger partial charge in [0.25, 0.3) is 5.91 Å². The number of carbonyl (C=O) groups is 1. The summed E-state index contributed by atoms with van der Waals surface area (Å²) in [5.41, 5.74) is 3.46. The number of aromatic amines is 2. The second kappa shape index (κ2) is 6.49. The third-order valence-electron chi connectivity index (χ3n) is 4.97. The maximum absolute atomic E-state index is 12.6. The average Bonchev–Trinajstić information content (AvgIpc) is 3.32. The number of pyridine rings is 1. The molecule has 1 amide bonds. The van der Waals surface area contributed by atoms with Gasteiger partial charge in [-0.15, -0.1) is 0 Å². The Kier molecular flexibility index (Phi) is 3.82. The molecule has 3 heterocycles. The Balaban J connectivity index is 1.37. The number of H-pyrrole nitrogens is 2. The highest BCUT2D eigenvalue weighted by atomic mass is 16.2. The minimum absolute atomic E-state index is 0.132. The van der Waals surface area contributed by atoms with Gasteiger partial charge in [0.2, 0.25) is 0 Å². The number of fused-ring (bicyclic) bond motifs is 1. The van der Waals surface area contributed by atoms with E-state index >= 15 is 0 Å². The van der Waals surface area contributed by atoms with Gasteiger partial charge in [-0.25, -0.2) is 4.79 Å². The van der Waals surface area contributed by atoms with Crippen LogP contribution < -0.4 is 11.0 Å². The molecule has 28 heavy (non-hydrogen) atoms. The molecule has 3 N–H and O–H groups in total. The lowest BCUT2D eigenvalue weighted by Gasteiger charge is -2.04. The zero-order chi connectivity index (χ0) is 19.1. The number of imidazole rings is 1. The summed E-state index contributed by atoms with van der Waals surface area (Å²) in [4.78, 5) is 31.7. The monoisotopic (exact) mass is 374 g/mol. The zero-order valence-electron chi connectivity index (χ0n) is 15.0. The molecule has 8 heteroatoms. The maximum atomic E-state index is 12.6. The van der Waals surface area contributed by atoms with Gasteiger partial charge in [-0.05, 0) is 49.1 Å². The maximum Gasteiger partial charge on any atom is 0.326 e. The Hall–Kier alpha value is -3.68. The summed E-state index contributed by atoms with van der Waals surface area (Å²) >= 11 is 0. The molecule has 5 rings (SSSR count). The Bertz CT molecular complexity index is 1220. The largest absolute Gasteiger partial charge is 0.326 e. The van der Waals surface area contributed by atoms with Crippen LogP contribution in [-0.4, -0.2) is 30.6 Å². The van der Waals surface area contributed by atoms with E-state index in [1.165, 1.54) is 12.8 Å². The van der Waals surface area contributed by atoms with E-state index in [0.29, 0.717) is 22.8 Å². The molecule has 1 aliphatic carbocycles. The molecule has 1 fully saturated rings. The van der Waals surface area contributed by atoms with Crippen molar-refractivity contribution in [3.8, 4) is 11.3 Å². The van der Waals surface area contributed by atoms with Crippen molar-refractivity contribution in [3.05, 3.63) is 64.8 Å². The summed E-state index contributed by atoms with van der Waals surface area (Å²) in [5.74, 6) is 0.721. The normalized spacial score (nSPS) is 13.7. The highest BCUT2D eigenvalue weighted by Gasteiger charge is 2.23. The van der Waals surface area contributed by atoms with Crippen molar-refractivity contribution in [2.45, 2.75) is 19.4 Å². The van der Waals surface area contributed by atoms with E-state index in [1.807, 2.05) is 18.2 Å². The summed E-state index contributed by atoms with van der Waals surface area (Å²) in [6.07, 6.45) is 5.76. The van der Waals surface area contributed by atoms with Crippen LogP contribution in [0, 0.1) is 5.92 Å². The van der Waals surface area contributed by atoms with Gasteiger partial charge in [-0.2, -0.15) is 5.10 Å². The molecule has 0 bridgehead atoms. The number of hydrogen-bond acceptors (Lipinski definition) is 4. The molecule has 0 aliphatic heterocycles. The van der Waals surface area contributed by atoms with Crippen LogP contribution in [0.5, 0.6) is 0 Å². The van der Waals surface area contributed by atoms with Crippen LogP contribution in [0.1, 0.15) is 23.2 Å². The number of aromatic nitrogens is 5. The predicted molar refractivity (Wildman–Crippen MR) is 105 cm³/mol. The number of rotatable bonds is 5. The molecule has 1 aliphatic rings. The first-order valence-corrected chi connectivity index (χ1v) is 9.17. The van der Waals surface area contributed by atoms with Crippen LogP contribution >= 0.6 is 0 Å². The average molecular weight is 374 g/mol. The van der Waals surface area contributed by atoms with E-state index in [9.17, 15) is 9.59 Å². The summed E-state index contributed by atoms with van der Waals surface area (Å²) in [6, 6.07) is 10.7. The lowest BCUT2D eigenvalue weighted by molar-refractivity contribution is 0.102. The van der Waals surface area contributed by atoms with Gasteiger partial charge in [0.05, 0.1) is 16.7 Å². The number of amides is 1. The summed E-state index contributed by atoms with van der Waals surface area (Å²) < 4.78 is 1.75. The lowest BCUT2D eigenvalue weighted by atomic mass is 10.2. The number of nitrogens with zero attached hydrogens (tertiary/aromatic N) is 3. The highest BCUT2D eigenvalue weighted by Crippen LogP contribution is 2.31. The number of carbonyl (C=O) groups excluding carboxylic acids is 1. The van der Waals surface area contributed by atoms with Crippen LogP contribution in [0.4, 0.5) is 5.82 Å². The SMILES string of the molecule is O=C(Nc1cc(-c2cccnc2)[nH]n1)c1ccc2c(c1)[nH]c(=O)n2CC1CC1. The van der Waals surface area contributed by atoms with E-state index < -0.39 is 0 Å². The second-order valence-corrected chi connectivity index (χ2v) is 7.08. The molecule has 4 aromatic rings. The first-order chi connectivity index (χ1) is 13.7. The fourth-order valence-electron chi connectivity index (χ4n) is 3.29. The predicted octanol–water partition coefficient (Wildman–Crippen LogP) is 2.78. The van der Waals surface area contributed by atoms with Crippen LogP contribution in [0.25, 0.3) is 22.3 Å². The number of nitrogens with one attached hydrogen (secondary N) is 3. The fraction of sp³-hybridized carbons (Fsp3) is 0.200. The number of hydrogen-bond donors (Lipinski definition) is 3. The number of benzene rings is 1. The van der Waals surface area contributed by atoms with Crippen LogP contribution in [-0.2, 0) is 6.54 Å². The molecule has 8 nitrogen and oxygen atoms in total. The number of anilines is 1. The van der Waals surface area contributed by atoms with Gasteiger partial charge in [0.15, 0.2) is 5.82 Å². The Morgan fingerprint density at radius 3 is 2.93 bits per heavy atom. The summed E-state index contributed by atoms with van der Waals surface area (Å²) in [7, 11) is 0. The van der Waals surface area contributed by atoms with E-state index in [-0.39, 0.29) is 11.6 Å². The van der Waals surface area contributed by atoms with Gasteiger partial charge in [-0.3, -0.25) is 19.4 Å². The lowest BCUT2D eigenvalue weighted by Crippen LogP contribution is -2.17. The molecular weight excluding hydrogens is 356 g/mol. The van der Waals surface area contributed by atoms with Gasteiger partial charge in [0.1, 0.15) is 0 Å². The standard InChI is InChI=1S/C20H18N6O2/c27-19(23-18-9-15(24-25-18)14-2-1-7-21-10-14)13-5-6-17-16(8-13)22-20(28)26(17)11-12-3-4-12/h1-2,5-10,12H,3-4,11H2,(H,22,28)(H2,23,24,25,27). The first kappa shape index (κ1) is 16.5. The minimum atomic E-state index is -0.290. The molecule has 0 radical (unpaired) electrons. The van der Waals surface area contributed by atoms with Gasteiger partial charge < -0.3 is 10.3 Å². The van der Waals surface area contributed by atoms with Crippen molar-refractivity contribution >= 4 is 22.8 Å². The molecule has 1 saturated carbocycles. The van der Waals surface area contributed by atoms with Crippen LogP contribution in [0.15, 0.2) is 53.6 Å². The molecule has 3 aromatic heterocycles. The van der Waals surface area contributed by atoms with Crippen molar-refractivity contribution < 1.29 is 4.79 Å². The third kappa shape index (κ3) is 3.09. The second-order valence-electron chi connectivity index (χ2n) is 7.08. The zero-order valence-corrected chi connectivity index (χ0v) is 15.0. The Morgan fingerprint density at radius 1 is 1.25 bits per heavy atom. The molecule has 0 spiro atoms. The minimum Gasteiger partial charge on any atom is -0.306 e. The van der Waals surface area contributed by atoms with Crippen molar-refractivity contribution in [1.82, 2.24) is 24.7 Å². The van der Waals surface area contributed by atoms with Crippen molar-refractivity contribution in [3.63, 3.8) is 0 Å². The van der Waals surface area contributed by atoms with Crippen LogP contribution in [0.3, 0.4) is 0 Å². The molecule has 0 atom stereocenters. The third-order valence-corrected chi connectivity index (χ3v) is 4.97. The topological polar surface area (TPSA) is 108 Å². The molecule has 140 valence electrons. The smallest absolute Gasteiger partial charge is 0.306 e. The van der Waals surface area contributed by atoms with Gasteiger partial charge >= 0.3 is 5.69 Å². The Labute approximate surface area is 159 Å². The van der Waals surface area contributed by atoms with Crippen molar-refractivity contribution in [2.75, 3.05) is 5.32 Å². The molecule has 0 unspecified atom stereocenters. The van der Waals surface area contributed by atoms with Crippen molar-refractivity contribution in [1.29, 1.82) is 0 Å². The van der Waals surface area contributed by atoms with E-state index in [1.54, 1.807) is 35.2 Å².